The molecule has 2 aromatic rings. The second-order valence-corrected chi connectivity index (χ2v) is 7.10. The minimum absolute atomic E-state index is 0.168. The van der Waals surface area contributed by atoms with E-state index in [4.69, 9.17) is 16.3 Å². The third kappa shape index (κ3) is 4.25. The Kier molecular flexibility index (Phi) is 5.60. The fourth-order valence-electron chi connectivity index (χ4n) is 2.06. The Labute approximate surface area is 148 Å². The third-order valence-electron chi connectivity index (χ3n) is 3.24. The number of methoxy groups -OCH3 is 1. The highest BCUT2D eigenvalue weighted by molar-refractivity contribution is 7.92. The van der Waals surface area contributed by atoms with Crippen molar-refractivity contribution in [2.75, 3.05) is 18.0 Å². The Morgan fingerprint density at radius 1 is 1.24 bits per heavy atom. The summed E-state index contributed by atoms with van der Waals surface area (Å²) in [6.45, 7) is -0.626. The van der Waals surface area contributed by atoms with Crippen LogP contribution in [0.3, 0.4) is 0 Å². The van der Waals surface area contributed by atoms with Crippen molar-refractivity contribution >= 4 is 38.2 Å². The molecule has 0 fully saturated rings. The number of hydrogen-bond donors (Lipinski definition) is 0. The maximum Gasteiger partial charge on any atom is 0.270 e. The molecule has 0 saturated heterocycles. The highest BCUT2D eigenvalue weighted by Gasteiger charge is 2.28. The summed E-state index contributed by atoms with van der Waals surface area (Å²) in [5.74, 6) is 0.494. The summed E-state index contributed by atoms with van der Waals surface area (Å²) in [4.78, 5) is 21.2. The molecule has 132 valence electrons. The quantitative estimate of drug-likeness (QED) is 0.412. The molecule has 0 aliphatic carbocycles. The van der Waals surface area contributed by atoms with Gasteiger partial charge in [0.15, 0.2) is 0 Å². The summed E-state index contributed by atoms with van der Waals surface area (Å²) in [7, 11) is -2.79. The van der Waals surface area contributed by atoms with Crippen molar-refractivity contribution < 1.29 is 22.9 Å². The Balaban J connectivity index is 2.53. The molecular weight excluding hydrogens is 372 g/mol. The van der Waals surface area contributed by atoms with Crippen molar-refractivity contribution in [2.24, 2.45) is 0 Å². The van der Waals surface area contributed by atoms with Crippen LogP contribution in [0.15, 0.2) is 53.4 Å². The lowest BCUT2D eigenvalue weighted by Gasteiger charge is -2.23. The van der Waals surface area contributed by atoms with E-state index >= 15 is 0 Å². The standard InChI is InChI=1S/C15H13ClN2O6S/c1-24-13-7-5-11(6-8-13)17(10-15(16)19)25(22,23)14-4-2-3-12(9-14)18(20)21/h2-9H,10H2,1H3. The van der Waals surface area contributed by atoms with E-state index < -0.39 is 26.7 Å². The Hall–Kier alpha value is -2.65. The summed E-state index contributed by atoms with van der Waals surface area (Å²) in [6, 6.07) is 10.5. The van der Waals surface area contributed by atoms with Crippen LogP contribution >= 0.6 is 11.6 Å². The average molecular weight is 385 g/mol. The normalized spacial score (nSPS) is 11.0. The zero-order valence-corrected chi connectivity index (χ0v) is 14.5. The SMILES string of the molecule is COc1ccc(N(CC(=O)Cl)S(=O)(=O)c2cccc([N+](=O)[O-])c2)cc1. The van der Waals surface area contributed by atoms with Crippen LogP contribution < -0.4 is 9.04 Å². The molecular formula is C15H13ClN2O6S. The summed E-state index contributed by atoms with van der Waals surface area (Å²) in [5.41, 5.74) is -0.214. The number of anilines is 1. The van der Waals surface area contributed by atoms with Gasteiger partial charge in [0.25, 0.3) is 15.7 Å². The number of nitrogens with zero attached hydrogens (tertiary/aromatic N) is 2. The van der Waals surface area contributed by atoms with E-state index in [1.165, 1.54) is 49.6 Å². The van der Waals surface area contributed by atoms with Crippen LogP contribution in [0.1, 0.15) is 0 Å². The number of benzene rings is 2. The second kappa shape index (κ2) is 7.49. The summed E-state index contributed by atoms with van der Waals surface area (Å²) < 4.78 is 31.5. The first-order valence-electron chi connectivity index (χ1n) is 6.85. The van der Waals surface area contributed by atoms with Gasteiger partial charge in [0.2, 0.25) is 5.24 Å². The molecule has 0 N–H and O–H groups in total. The zero-order chi connectivity index (χ0) is 18.6. The Morgan fingerprint density at radius 2 is 1.88 bits per heavy atom. The number of carbonyl (C=O) groups excluding carboxylic acids is 1. The van der Waals surface area contributed by atoms with Gasteiger partial charge in [-0.2, -0.15) is 0 Å². The van der Waals surface area contributed by atoms with Gasteiger partial charge < -0.3 is 4.74 Å². The van der Waals surface area contributed by atoms with Gasteiger partial charge in [0.05, 0.1) is 22.6 Å². The summed E-state index contributed by atoms with van der Waals surface area (Å²) in [5, 5.41) is 9.98. The number of nitro benzene ring substituents is 1. The number of ether oxygens (including phenoxy) is 1. The molecule has 0 bridgehead atoms. The molecule has 0 amide bonds. The lowest BCUT2D eigenvalue weighted by molar-refractivity contribution is -0.385. The molecule has 0 aliphatic rings. The van der Waals surface area contributed by atoms with Crippen molar-refractivity contribution in [1.82, 2.24) is 0 Å². The zero-order valence-electron chi connectivity index (χ0n) is 13.0. The number of nitro groups is 1. The average Bonchev–Trinajstić information content (AvgIpc) is 2.59. The van der Waals surface area contributed by atoms with Gasteiger partial charge in [-0.25, -0.2) is 8.42 Å². The fraction of sp³-hybridized carbons (Fsp3) is 0.133. The first-order chi connectivity index (χ1) is 11.8. The molecule has 10 heteroatoms. The van der Waals surface area contributed by atoms with Crippen LogP contribution in [0, 0.1) is 10.1 Å². The van der Waals surface area contributed by atoms with Gasteiger partial charge in [-0.15, -0.1) is 0 Å². The maximum atomic E-state index is 12.9. The highest BCUT2D eigenvalue weighted by atomic mass is 35.5. The Bertz CT molecular complexity index is 898. The Morgan fingerprint density at radius 3 is 2.40 bits per heavy atom. The van der Waals surface area contributed by atoms with Crippen molar-refractivity contribution in [1.29, 1.82) is 0 Å². The topological polar surface area (TPSA) is 107 Å². The summed E-state index contributed by atoms with van der Waals surface area (Å²) >= 11 is 5.38. The summed E-state index contributed by atoms with van der Waals surface area (Å²) in [6.07, 6.45) is 0. The van der Waals surface area contributed by atoms with Gasteiger partial charge >= 0.3 is 0 Å². The van der Waals surface area contributed by atoms with E-state index in [9.17, 15) is 23.3 Å². The fourth-order valence-corrected chi connectivity index (χ4v) is 3.71. The molecule has 0 saturated carbocycles. The number of rotatable bonds is 7. The van der Waals surface area contributed by atoms with Gasteiger partial charge in [0.1, 0.15) is 12.3 Å². The molecule has 0 heterocycles. The maximum absolute atomic E-state index is 12.9. The molecule has 0 atom stereocenters. The van der Waals surface area contributed by atoms with E-state index in [-0.39, 0.29) is 16.3 Å². The number of halogens is 1. The van der Waals surface area contributed by atoms with Crippen LogP contribution in [0.25, 0.3) is 0 Å². The molecule has 25 heavy (non-hydrogen) atoms. The third-order valence-corrected chi connectivity index (χ3v) is 5.13. The lowest BCUT2D eigenvalue weighted by Crippen LogP contribution is -2.34. The largest absolute Gasteiger partial charge is 0.497 e. The van der Waals surface area contributed by atoms with Crippen molar-refractivity contribution in [3.8, 4) is 5.75 Å². The molecule has 0 unspecified atom stereocenters. The highest BCUT2D eigenvalue weighted by Crippen LogP contribution is 2.27. The molecule has 8 nitrogen and oxygen atoms in total. The molecule has 0 spiro atoms. The first-order valence-corrected chi connectivity index (χ1v) is 8.67. The minimum Gasteiger partial charge on any atom is -0.497 e. The van der Waals surface area contributed by atoms with E-state index in [1.54, 1.807) is 0 Å². The van der Waals surface area contributed by atoms with Crippen molar-refractivity contribution in [2.45, 2.75) is 4.90 Å². The number of hydrogen-bond acceptors (Lipinski definition) is 6. The number of non-ortho nitro benzene ring substituents is 1. The van der Waals surface area contributed by atoms with Crippen molar-refractivity contribution in [3.05, 3.63) is 58.6 Å². The predicted molar refractivity (Wildman–Crippen MR) is 91.5 cm³/mol. The first kappa shape index (κ1) is 18.7. The number of carbonyl (C=O) groups is 1. The van der Waals surface area contributed by atoms with Gasteiger partial charge in [-0.1, -0.05) is 6.07 Å². The van der Waals surface area contributed by atoms with Gasteiger partial charge in [0, 0.05) is 12.1 Å². The van der Waals surface area contributed by atoms with Crippen LogP contribution in [-0.2, 0) is 14.8 Å². The molecule has 0 aromatic heterocycles. The molecule has 2 aromatic carbocycles. The minimum atomic E-state index is -4.24. The van der Waals surface area contributed by atoms with Crippen LogP contribution in [-0.4, -0.2) is 32.2 Å². The molecule has 2 rings (SSSR count). The second-order valence-electron chi connectivity index (χ2n) is 4.82. The number of sulfonamides is 1. The van der Waals surface area contributed by atoms with E-state index in [1.807, 2.05) is 0 Å². The van der Waals surface area contributed by atoms with Crippen LogP contribution in [0.4, 0.5) is 11.4 Å². The van der Waals surface area contributed by atoms with Crippen molar-refractivity contribution in [3.63, 3.8) is 0 Å². The lowest BCUT2D eigenvalue weighted by atomic mass is 10.3. The predicted octanol–water partition coefficient (Wildman–Crippen LogP) is 2.56. The van der Waals surface area contributed by atoms with Crippen LogP contribution in [0.5, 0.6) is 5.75 Å². The smallest absolute Gasteiger partial charge is 0.270 e. The molecule has 0 aliphatic heterocycles. The van der Waals surface area contributed by atoms with E-state index in [0.717, 1.165) is 10.4 Å². The monoisotopic (exact) mass is 384 g/mol. The van der Waals surface area contributed by atoms with Gasteiger partial charge in [-0.3, -0.25) is 19.2 Å². The molecule has 0 radical (unpaired) electrons. The van der Waals surface area contributed by atoms with Crippen LogP contribution in [0.2, 0.25) is 0 Å². The van der Waals surface area contributed by atoms with E-state index in [2.05, 4.69) is 0 Å². The van der Waals surface area contributed by atoms with Gasteiger partial charge in [-0.05, 0) is 41.9 Å². The van der Waals surface area contributed by atoms with E-state index in [0.29, 0.717) is 5.75 Å².